The van der Waals surface area contributed by atoms with Crippen LogP contribution < -0.4 is 11.1 Å². The van der Waals surface area contributed by atoms with E-state index < -0.39 is 5.91 Å². The van der Waals surface area contributed by atoms with Gasteiger partial charge in [0.2, 0.25) is 11.8 Å². The van der Waals surface area contributed by atoms with Crippen LogP contribution in [-0.2, 0) is 11.2 Å². The Labute approximate surface area is 125 Å². The Kier molecular flexibility index (Phi) is 4.76. The highest BCUT2D eigenvalue weighted by atomic mass is 35.5. The Morgan fingerprint density at radius 2 is 2.10 bits per heavy atom. The lowest BCUT2D eigenvalue weighted by atomic mass is 10.1. The summed E-state index contributed by atoms with van der Waals surface area (Å²) in [6.07, 6.45) is 1.09. The van der Waals surface area contributed by atoms with Crippen LogP contribution in [0.1, 0.15) is 22.3 Å². The molecule has 0 spiro atoms. The van der Waals surface area contributed by atoms with Crippen molar-refractivity contribution in [1.82, 2.24) is 0 Å². The fourth-order valence-electron chi connectivity index (χ4n) is 1.71. The molecule has 0 saturated carbocycles. The van der Waals surface area contributed by atoms with Crippen LogP contribution in [0.4, 0.5) is 5.69 Å². The van der Waals surface area contributed by atoms with E-state index in [0.717, 1.165) is 5.56 Å². The number of primary amides is 1. The average Bonchev–Trinajstić information content (AvgIpc) is 2.89. The number of carbonyl (C=O) groups excluding carboxylic acids is 2. The minimum atomic E-state index is -0.592. The van der Waals surface area contributed by atoms with Gasteiger partial charge in [-0.05, 0) is 47.0 Å². The van der Waals surface area contributed by atoms with Gasteiger partial charge in [0, 0.05) is 12.1 Å². The summed E-state index contributed by atoms with van der Waals surface area (Å²) < 4.78 is 0. The molecule has 104 valence electrons. The van der Waals surface area contributed by atoms with Crippen molar-refractivity contribution in [2.45, 2.75) is 12.8 Å². The van der Waals surface area contributed by atoms with Crippen LogP contribution in [-0.4, -0.2) is 11.8 Å². The molecule has 6 heteroatoms. The average molecular weight is 309 g/mol. The monoisotopic (exact) mass is 308 g/mol. The van der Waals surface area contributed by atoms with Gasteiger partial charge in [-0.1, -0.05) is 11.6 Å². The first kappa shape index (κ1) is 14.6. The minimum absolute atomic E-state index is 0.0981. The maximum absolute atomic E-state index is 11.8. The van der Waals surface area contributed by atoms with Crippen LogP contribution in [0.3, 0.4) is 0 Å². The molecule has 1 heterocycles. The second-order valence-corrected chi connectivity index (χ2v) is 5.43. The molecule has 0 aliphatic rings. The van der Waals surface area contributed by atoms with Crippen molar-refractivity contribution in [1.29, 1.82) is 0 Å². The predicted octanol–water partition coefficient (Wildman–Crippen LogP) is 3.07. The van der Waals surface area contributed by atoms with Gasteiger partial charge in [-0.15, -0.1) is 0 Å². The maximum atomic E-state index is 11.8. The van der Waals surface area contributed by atoms with E-state index in [1.54, 1.807) is 17.4 Å². The zero-order chi connectivity index (χ0) is 14.5. The number of amides is 2. The number of carbonyl (C=O) groups is 2. The topological polar surface area (TPSA) is 72.2 Å². The van der Waals surface area contributed by atoms with Crippen molar-refractivity contribution in [2.75, 3.05) is 5.32 Å². The summed E-state index contributed by atoms with van der Waals surface area (Å²) in [6, 6.07) is 6.62. The number of aryl methyl sites for hydroxylation is 1. The highest BCUT2D eigenvalue weighted by Crippen LogP contribution is 2.21. The lowest BCUT2D eigenvalue weighted by Crippen LogP contribution is -2.14. The zero-order valence-corrected chi connectivity index (χ0v) is 12.1. The molecule has 0 aliphatic heterocycles. The Bertz CT molecular complexity index is 626. The van der Waals surface area contributed by atoms with Crippen LogP contribution in [0.15, 0.2) is 35.0 Å². The van der Waals surface area contributed by atoms with Crippen LogP contribution in [0, 0.1) is 0 Å². The molecule has 1 aromatic heterocycles. The van der Waals surface area contributed by atoms with E-state index in [-0.39, 0.29) is 16.5 Å². The zero-order valence-electron chi connectivity index (χ0n) is 10.6. The molecule has 2 aromatic rings. The number of nitrogens with one attached hydrogen (secondary N) is 1. The maximum Gasteiger partial charge on any atom is 0.250 e. The number of hydrogen-bond acceptors (Lipinski definition) is 3. The van der Waals surface area contributed by atoms with Crippen molar-refractivity contribution < 1.29 is 9.59 Å². The molecular weight excluding hydrogens is 296 g/mol. The van der Waals surface area contributed by atoms with E-state index in [1.807, 2.05) is 16.8 Å². The first-order valence-corrected chi connectivity index (χ1v) is 7.28. The molecule has 0 radical (unpaired) electrons. The third-order valence-electron chi connectivity index (χ3n) is 2.74. The fraction of sp³-hybridized carbons (Fsp3) is 0.143. The van der Waals surface area contributed by atoms with Gasteiger partial charge in [-0.25, -0.2) is 0 Å². The van der Waals surface area contributed by atoms with E-state index in [9.17, 15) is 9.59 Å². The van der Waals surface area contributed by atoms with Crippen LogP contribution >= 0.6 is 22.9 Å². The number of thiophene rings is 1. The third kappa shape index (κ3) is 3.82. The lowest BCUT2D eigenvalue weighted by Gasteiger charge is -2.07. The first-order valence-electron chi connectivity index (χ1n) is 5.96. The Morgan fingerprint density at radius 3 is 2.70 bits per heavy atom. The summed E-state index contributed by atoms with van der Waals surface area (Å²) >= 11 is 7.52. The SMILES string of the molecule is NC(=O)c1ccc(NC(=O)CCc2ccsc2)cc1Cl. The molecule has 0 saturated heterocycles. The molecule has 2 rings (SSSR count). The van der Waals surface area contributed by atoms with Gasteiger partial charge in [0.15, 0.2) is 0 Å². The standard InChI is InChI=1S/C14H13ClN2O2S/c15-12-7-10(2-3-11(12)14(16)19)17-13(18)4-1-9-5-6-20-8-9/h2-3,5-8H,1,4H2,(H2,16,19)(H,17,18). The predicted molar refractivity (Wildman–Crippen MR) is 81.2 cm³/mol. The summed E-state index contributed by atoms with van der Waals surface area (Å²) in [6.45, 7) is 0. The highest BCUT2D eigenvalue weighted by Gasteiger charge is 2.09. The first-order chi connectivity index (χ1) is 9.56. The largest absolute Gasteiger partial charge is 0.366 e. The van der Waals surface area contributed by atoms with Gasteiger partial charge in [0.25, 0.3) is 0 Å². The van der Waals surface area contributed by atoms with Crippen molar-refractivity contribution in [3.63, 3.8) is 0 Å². The molecule has 4 nitrogen and oxygen atoms in total. The molecule has 0 unspecified atom stereocenters. The molecule has 0 bridgehead atoms. The van der Waals surface area contributed by atoms with Crippen molar-refractivity contribution in [2.24, 2.45) is 5.73 Å². The minimum Gasteiger partial charge on any atom is -0.366 e. The van der Waals surface area contributed by atoms with Gasteiger partial charge in [-0.2, -0.15) is 11.3 Å². The number of nitrogens with two attached hydrogens (primary N) is 1. The lowest BCUT2D eigenvalue weighted by molar-refractivity contribution is -0.116. The number of benzene rings is 1. The van der Waals surface area contributed by atoms with Crippen LogP contribution in [0.2, 0.25) is 5.02 Å². The molecule has 1 aromatic carbocycles. The molecule has 0 atom stereocenters. The number of anilines is 1. The van der Waals surface area contributed by atoms with E-state index in [1.165, 1.54) is 12.1 Å². The van der Waals surface area contributed by atoms with Crippen LogP contribution in [0.5, 0.6) is 0 Å². The molecule has 0 aliphatic carbocycles. The molecule has 3 N–H and O–H groups in total. The summed E-state index contributed by atoms with van der Waals surface area (Å²) in [5.74, 6) is -0.690. The van der Waals surface area contributed by atoms with Gasteiger partial charge < -0.3 is 11.1 Å². The van der Waals surface area contributed by atoms with Gasteiger partial charge >= 0.3 is 0 Å². The Morgan fingerprint density at radius 1 is 1.30 bits per heavy atom. The Balaban J connectivity index is 1.94. The van der Waals surface area contributed by atoms with Gasteiger partial charge in [0.1, 0.15) is 0 Å². The molecule has 2 amide bonds. The molecule has 20 heavy (non-hydrogen) atoms. The summed E-state index contributed by atoms with van der Waals surface area (Å²) in [5, 5.41) is 6.97. The van der Waals surface area contributed by atoms with Gasteiger partial charge in [0.05, 0.1) is 10.6 Å². The number of hydrogen-bond donors (Lipinski definition) is 2. The molecular formula is C14H13ClN2O2S. The quantitative estimate of drug-likeness (QED) is 0.891. The number of rotatable bonds is 5. The summed E-state index contributed by atoms with van der Waals surface area (Å²) in [5.41, 5.74) is 7.09. The van der Waals surface area contributed by atoms with E-state index in [0.29, 0.717) is 18.5 Å². The summed E-state index contributed by atoms with van der Waals surface area (Å²) in [7, 11) is 0. The van der Waals surface area contributed by atoms with E-state index in [4.69, 9.17) is 17.3 Å². The van der Waals surface area contributed by atoms with Crippen molar-refractivity contribution in [3.05, 3.63) is 51.2 Å². The third-order valence-corrected chi connectivity index (χ3v) is 3.78. The van der Waals surface area contributed by atoms with Crippen molar-refractivity contribution in [3.8, 4) is 0 Å². The van der Waals surface area contributed by atoms with Gasteiger partial charge in [-0.3, -0.25) is 9.59 Å². The molecule has 0 fully saturated rings. The summed E-state index contributed by atoms with van der Waals surface area (Å²) in [4.78, 5) is 22.8. The highest BCUT2D eigenvalue weighted by molar-refractivity contribution is 7.07. The van der Waals surface area contributed by atoms with E-state index >= 15 is 0 Å². The fourth-order valence-corrected chi connectivity index (χ4v) is 2.69. The van der Waals surface area contributed by atoms with Crippen LogP contribution in [0.25, 0.3) is 0 Å². The van der Waals surface area contributed by atoms with Crippen molar-refractivity contribution >= 4 is 40.4 Å². The second-order valence-electron chi connectivity index (χ2n) is 4.24. The number of halogens is 1. The van der Waals surface area contributed by atoms with E-state index in [2.05, 4.69) is 5.32 Å². The smallest absolute Gasteiger partial charge is 0.250 e. The Hall–Kier alpha value is -1.85. The normalized spacial score (nSPS) is 10.2. The second kappa shape index (κ2) is 6.54.